The number of para-hydroxylation sites is 1. The normalized spacial score (nSPS) is 16.0. The standard InChI is InChI=1S/C15H12N2O3S2/c1-8(14(19)20)17-13(18)12(22-15(17)21)6-9-7-16-11-5-3-2-4-10(9)11/h2-8,18H,1H3,(H,19,20)/p-1/b9-6+. The summed E-state index contributed by atoms with van der Waals surface area (Å²) >= 11 is 6.29. The van der Waals surface area contributed by atoms with Crippen molar-refractivity contribution in [2.75, 3.05) is 0 Å². The molecule has 2 heterocycles. The number of aliphatic carboxylic acids is 1. The molecule has 1 aromatic carbocycles. The van der Waals surface area contributed by atoms with Gasteiger partial charge in [-0.05, 0) is 31.3 Å². The van der Waals surface area contributed by atoms with Crippen molar-refractivity contribution in [2.45, 2.75) is 13.0 Å². The lowest BCUT2D eigenvalue weighted by Crippen LogP contribution is -2.31. The van der Waals surface area contributed by atoms with E-state index in [1.807, 2.05) is 24.3 Å². The van der Waals surface area contributed by atoms with Gasteiger partial charge in [-0.2, -0.15) is 0 Å². The first kappa shape index (κ1) is 14.7. The molecule has 0 saturated carbocycles. The summed E-state index contributed by atoms with van der Waals surface area (Å²) in [6.45, 7) is 1.42. The van der Waals surface area contributed by atoms with E-state index in [1.165, 1.54) is 11.5 Å². The minimum absolute atomic E-state index is 0.169. The molecule has 22 heavy (non-hydrogen) atoms. The summed E-state index contributed by atoms with van der Waals surface area (Å²) in [6.07, 6.45) is 3.46. The molecular weight excluding hydrogens is 320 g/mol. The number of aromatic nitrogens is 1. The minimum Gasteiger partial charge on any atom is -0.548 e. The van der Waals surface area contributed by atoms with Crippen LogP contribution in [0.25, 0.3) is 11.6 Å². The van der Waals surface area contributed by atoms with Crippen molar-refractivity contribution in [3.05, 3.63) is 38.7 Å². The Labute approximate surface area is 135 Å². The SMILES string of the molecule is CC(C(=O)[O-])n1c(O)c(/C=C2\C=Nc3ccccc32)sc1=S. The van der Waals surface area contributed by atoms with Crippen LogP contribution in [-0.2, 0) is 4.79 Å². The van der Waals surface area contributed by atoms with Crippen molar-refractivity contribution in [3.8, 4) is 5.88 Å². The van der Waals surface area contributed by atoms with E-state index < -0.39 is 12.0 Å². The summed E-state index contributed by atoms with van der Waals surface area (Å²) in [5.41, 5.74) is 2.66. The Morgan fingerprint density at radius 2 is 2.23 bits per heavy atom. The fourth-order valence-corrected chi connectivity index (χ4v) is 3.65. The number of carboxylic acid groups (broad SMARTS) is 1. The van der Waals surface area contributed by atoms with Gasteiger partial charge in [-0.3, -0.25) is 9.56 Å². The van der Waals surface area contributed by atoms with Gasteiger partial charge in [0, 0.05) is 17.4 Å². The molecule has 5 nitrogen and oxygen atoms in total. The van der Waals surface area contributed by atoms with E-state index in [9.17, 15) is 15.0 Å². The average molecular weight is 331 g/mol. The average Bonchev–Trinajstić information content (AvgIpc) is 3.01. The fraction of sp³-hybridized carbons (Fsp3) is 0.133. The van der Waals surface area contributed by atoms with Gasteiger partial charge in [0.2, 0.25) is 5.88 Å². The van der Waals surface area contributed by atoms with E-state index in [0.29, 0.717) is 4.88 Å². The van der Waals surface area contributed by atoms with E-state index in [-0.39, 0.29) is 9.83 Å². The number of carbonyl (C=O) groups excluding carboxylic acids is 1. The van der Waals surface area contributed by atoms with Gasteiger partial charge < -0.3 is 15.0 Å². The Morgan fingerprint density at radius 3 is 2.95 bits per heavy atom. The molecule has 1 N–H and O–H groups in total. The molecule has 0 spiro atoms. The second kappa shape index (κ2) is 5.51. The number of aliphatic imine (C=N–C) groups is 1. The van der Waals surface area contributed by atoms with Crippen LogP contribution in [0.5, 0.6) is 5.88 Å². The molecule has 7 heteroatoms. The number of carboxylic acids is 1. The van der Waals surface area contributed by atoms with Gasteiger partial charge in [-0.25, -0.2) is 0 Å². The van der Waals surface area contributed by atoms with Gasteiger partial charge in [0.25, 0.3) is 0 Å². The van der Waals surface area contributed by atoms with E-state index in [0.717, 1.165) is 28.2 Å². The molecule has 1 aliphatic heterocycles. The minimum atomic E-state index is -1.30. The third kappa shape index (κ3) is 2.38. The van der Waals surface area contributed by atoms with Crippen molar-refractivity contribution in [1.82, 2.24) is 4.57 Å². The summed E-state index contributed by atoms with van der Waals surface area (Å²) in [7, 11) is 0. The predicted octanol–water partition coefficient (Wildman–Crippen LogP) is 2.55. The number of nitrogens with zero attached hydrogens (tertiary/aromatic N) is 2. The Balaban J connectivity index is 2.07. The second-order valence-electron chi connectivity index (χ2n) is 4.80. The number of carbonyl (C=O) groups is 1. The molecule has 3 rings (SSSR count). The quantitative estimate of drug-likeness (QED) is 0.877. The first-order valence-electron chi connectivity index (χ1n) is 6.49. The van der Waals surface area contributed by atoms with Crippen LogP contribution in [0, 0.1) is 3.95 Å². The van der Waals surface area contributed by atoms with Crippen molar-refractivity contribution < 1.29 is 15.0 Å². The molecule has 1 aliphatic rings. The number of allylic oxidation sites excluding steroid dienone is 1. The first-order chi connectivity index (χ1) is 10.5. The molecule has 0 fully saturated rings. The highest BCUT2D eigenvalue weighted by molar-refractivity contribution is 7.73. The summed E-state index contributed by atoms with van der Waals surface area (Å²) in [6, 6.07) is 6.62. The van der Waals surface area contributed by atoms with Crippen LogP contribution in [0.4, 0.5) is 5.69 Å². The first-order valence-corrected chi connectivity index (χ1v) is 7.72. The van der Waals surface area contributed by atoms with Crippen LogP contribution in [0.1, 0.15) is 23.4 Å². The van der Waals surface area contributed by atoms with Crippen LogP contribution in [0.3, 0.4) is 0 Å². The Bertz CT molecular complexity index is 877. The molecule has 112 valence electrons. The van der Waals surface area contributed by atoms with Gasteiger partial charge in [0.1, 0.15) is 0 Å². The lowest BCUT2D eigenvalue weighted by Gasteiger charge is -2.15. The summed E-state index contributed by atoms with van der Waals surface area (Å²) in [5.74, 6) is -1.46. The lowest BCUT2D eigenvalue weighted by atomic mass is 10.1. The highest BCUT2D eigenvalue weighted by Crippen LogP contribution is 2.36. The number of thiazole rings is 1. The van der Waals surface area contributed by atoms with Gasteiger partial charge in [-0.1, -0.05) is 18.2 Å². The number of hydrogen-bond acceptors (Lipinski definition) is 6. The predicted molar refractivity (Wildman–Crippen MR) is 87.0 cm³/mol. The third-order valence-corrected chi connectivity index (χ3v) is 4.75. The monoisotopic (exact) mass is 331 g/mol. The van der Waals surface area contributed by atoms with Crippen molar-refractivity contribution in [1.29, 1.82) is 0 Å². The molecule has 0 radical (unpaired) electrons. The summed E-state index contributed by atoms with van der Waals surface area (Å²) in [5, 5.41) is 21.3. The molecule has 1 atom stereocenters. The maximum absolute atomic E-state index is 11.0. The number of aromatic hydroxyl groups is 1. The zero-order valence-electron chi connectivity index (χ0n) is 11.5. The molecule has 1 unspecified atom stereocenters. The number of fused-ring (bicyclic) bond motifs is 1. The highest BCUT2D eigenvalue weighted by Gasteiger charge is 2.18. The van der Waals surface area contributed by atoms with Gasteiger partial charge in [-0.15, -0.1) is 11.3 Å². The number of hydrogen-bond donors (Lipinski definition) is 1. The largest absolute Gasteiger partial charge is 0.548 e. The highest BCUT2D eigenvalue weighted by atomic mass is 32.1. The molecule has 0 saturated heterocycles. The maximum Gasteiger partial charge on any atom is 0.211 e. The molecule has 0 amide bonds. The van der Waals surface area contributed by atoms with Crippen LogP contribution >= 0.6 is 23.6 Å². The zero-order valence-corrected chi connectivity index (χ0v) is 13.1. The van der Waals surface area contributed by atoms with Crippen LogP contribution in [0.15, 0.2) is 29.3 Å². The van der Waals surface area contributed by atoms with Crippen molar-refractivity contribution >= 4 is 53.1 Å². The third-order valence-electron chi connectivity index (χ3n) is 3.42. The Morgan fingerprint density at radius 1 is 1.50 bits per heavy atom. The molecule has 0 aliphatic carbocycles. The molecule has 0 bridgehead atoms. The van der Waals surface area contributed by atoms with E-state index in [4.69, 9.17) is 12.2 Å². The zero-order chi connectivity index (χ0) is 15.9. The van der Waals surface area contributed by atoms with Crippen LogP contribution in [-0.4, -0.2) is 21.9 Å². The van der Waals surface area contributed by atoms with Crippen molar-refractivity contribution in [3.63, 3.8) is 0 Å². The van der Waals surface area contributed by atoms with Crippen molar-refractivity contribution in [2.24, 2.45) is 4.99 Å². The molecule has 2 aromatic rings. The molecular formula is C15H11N2O3S2-. The number of benzene rings is 1. The maximum atomic E-state index is 11.0. The summed E-state index contributed by atoms with van der Waals surface area (Å²) < 4.78 is 1.46. The van der Waals surface area contributed by atoms with E-state index in [1.54, 1.807) is 12.3 Å². The Kier molecular flexibility index (Phi) is 3.67. The van der Waals surface area contributed by atoms with Gasteiger partial charge >= 0.3 is 0 Å². The number of rotatable bonds is 3. The summed E-state index contributed by atoms with van der Waals surface area (Å²) in [4.78, 5) is 15.8. The molecule has 1 aromatic heterocycles. The van der Waals surface area contributed by atoms with Crippen LogP contribution < -0.4 is 5.11 Å². The fourth-order valence-electron chi connectivity index (χ4n) is 2.23. The topological polar surface area (TPSA) is 77.6 Å². The van der Waals surface area contributed by atoms with Gasteiger partial charge in [0.15, 0.2) is 3.95 Å². The van der Waals surface area contributed by atoms with Gasteiger partial charge in [0.05, 0.1) is 22.6 Å². The Hall–Kier alpha value is -2.25. The van der Waals surface area contributed by atoms with E-state index in [2.05, 4.69) is 4.99 Å². The van der Waals surface area contributed by atoms with E-state index >= 15 is 0 Å². The second-order valence-corrected chi connectivity index (χ2v) is 6.47. The smallest absolute Gasteiger partial charge is 0.211 e. The lowest BCUT2D eigenvalue weighted by molar-refractivity contribution is -0.309. The van der Waals surface area contributed by atoms with Crippen LogP contribution in [0.2, 0.25) is 0 Å².